The van der Waals surface area contributed by atoms with Crippen LogP contribution in [0.4, 0.5) is 5.69 Å². The fourth-order valence-electron chi connectivity index (χ4n) is 5.89. The zero-order chi connectivity index (χ0) is 21.2. The number of nitrogens with zero attached hydrogens (tertiary/aromatic N) is 2. The predicted molar refractivity (Wildman–Crippen MR) is 120 cm³/mol. The minimum Gasteiger partial charge on any atom is -0.495 e. The Morgan fingerprint density at radius 3 is 2.65 bits per heavy atom. The summed E-state index contributed by atoms with van der Waals surface area (Å²) < 4.78 is 17.7. The van der Waals surface area contributed by atoms with E-state index in [2.05, 4.69) is 27.2 Å². The topological polar surface area (TPSA) is 66.4 Å². The average Bonchev–Trinajstić information content (AvgIpc) is 3.25. The van der Waals surface area contributed by atoms with E-state index in [1.165, 1.54) is 32.1 Å². The number of aliphatic hydroxyl groups is 1. The minimum absolute atomic E-state index is 0.0466. The Labute approximate surface area is 185 Å². The van der Waals surface area contributed by atoms with Crippen molar-refractivity contribution in [2.75, 3.05) is 51.3 Å². The van der Waals surface area contributed by atoms with Gasteiger partial charge >= 0.3 is 0 Å². The number of benzene rings is 1. The van der Waals surface area contributed by atoms with E-state index in [-0.39, 0.29) is 24.5 Å². The number of aliphatic hydroxyl groups excluding tert-OH is 1. The molecule has 5 atom stereocenters. The van der Waals surface area contributed by atoms with E-state index in [1.807, 2.05) is 12.1 Å². The van der Waals surface area contributed by atoms with Crippen LogP contribution in [-0.2, 0) is 9.47 Å². The lowest BCUT2D eigenvalue weighted by molar-refractivity contribution is -0.183. The number of hydrogen-bond donors (Lipinski definition) is 2. The molecule has 172 valence electrons. The third-order valence-corrected chi connectivity index (χ3v) is 7.66. The summed E-state index contributed by atoms with van der Waals surface area (Å²) in [6.45, 7) is 5.05. The van der Waals surface area contributed by atoms with Crippen LogP contribution in [-0.4, -0.2) is 87.0 Å². The fraction of sp³-hybridized carbons (Fsp3) is 0.750. The highest BCUT2D eigenvalue weighted by atomic mass is 16.7. The van der Waals surface area contributed by atoms with Crippen molar-refractivity contribution in [3.8, 4) is 5.75 Å². The van der Waals surface area contributed by atoms with E-state index in [0.717, 1.165) is 50.1 Å². The number of methoxy groups -OCH3 is 1. The van der Waals surface area contributed by atoms with Crippen molar-refractivity contribution in [2.45, 2.75) is 62.7 Å². The van der Waals surface area contributed by atoms with Gasteiger partial charge in [0, 0.05) is 26.2 Å². The summed E-state index contributed by atoms with van der Waals surface area (Å²) in [5.74, 6) is 1.63. The summed E-state index contributed by atoms with van der Waals surface area (Å²) in [5, 5.41) is 15.0. The first kappa shape index (κ1) is 21.5. The predicted octanol–water partition coefficient (Wildman–Crippen LogP) is 1.84. The number of anilines is 1. The molecular weight excluding hydrogens is 394 g/mol. The van der Waals surface area contributed by atoms with E-state index < -0.39 is 6.10 Å². The second-order valence-corrected chi connectivity index (χ2v) is 9.49. The molecule has 0 radical (unpaired) electrons. The number of rotatable bonds is 6. The molecular formula is C24H37N3O4. The molecule has 7 heteroatoms. The Morgan fingerprint density at radius 2 is 1.87 bits per heavy atom. The number of nitrogens with one attached hydrogen (secondary N) is 1. The Kier molecular flexibility index (Phi) is 6.67. The van der Waals surface area contributed by atoms with Crippen molar-refractivity contribution in [2.24, 2.45) is 5.92 Å². The Hall–Kier alpha value is -1.38. The van der Waals surface area contributed by atoms with Crippen molar-refractivity contribution in [3.05, 3.63) is 24.3 Å². The van der Waals surface area contributed by atoms with E-state index in [0.29, 0.717) is 6.61 Å². The molecule has 2 N–H and O–H groups in total. The average molecular weight is 432 g/mol. The number of piperazine rings is 1. The minimum atomic E-state index is -0.479. The van der Waals surface area contributed by atoms with Gasteiger partial charge in [-0.1, -0.05) is 31.4 Å². The third kappa shape index (κ3) is 4.44. The summed E-state index contributed by atoms with van der Waals surface area (Å²) in [5.41, 5.74) is 1.13. The molecule has 5 rings (SSSR count). The summed E-state index contributed by atoms with van der Waals surface area (Å²) in [6.07, 6.45) is 5.79. The van der Waals surface area contributed by atoms with Gasteiger partial charge in [-0.3, -0.25) is 4.90 Å². The van der Waals surface area contributed by atoms with Gasteiger partial charge in [0.05, 0.1) is 37.6 Å². The molecule has 2 bridgehead atoms. The van der Waals surface area contributed by atoms with Crippen LogP contribution < -0.4 is 15.0 Å². The standard InChI is InChI=1S/C24H37N3O4/c1-29-19-10-6-5-9-18(19)26-11-13-27(14-12-26)22-23(28)21(20-16-30-24(22)31-20)25-15-17-7-3-2-4-8-17/h5-6,9-10,17,20-25,28H,2-4,7-8,11-16H2,1H3/t20-,21+,22-,23-,24+/m0/s1. The highest BCUT2D eigenvalue weighted by molar-refractivity contribution is 5.58. The molecule has 3 heterocycles. The van der Waals surface area contributed by atoms with Gasteiger partial charge in [0.2, 0.25) is 0 Å². The summed E-state index contributed by atoms with van der Waals surface area (Å²) in [7, 11) is 1.72. The molecule has 31 heavy (non-hydrogen) atoms. The van der Waals surface area contributed by atoms with Crippen LogP contribution in [0.25, 0.3) is 0 Å². The molecule has 1 aliphatic carbocycles. The monoisotopic (exact) mass is 431 g/mol. The summed E-state index contributed by atoms with van der Waals surface area (Å²) in [4.78, 5) is 4.72. The van der Waals surface area contributed by atoms with Crippen LogP contribution in [0.2, 0.25) is 0 Å². The van der Waals surface area contributed by atoms with Crippen molar-refractivity contribution in [1.29, 1.82) is 0 Å². The van der Waals surface area contributed by atoms with Crippen molar-refractivity contribution in [1.82, 2.24) is 10.2 Å². The molecule has 0 aromatic heterocycles. The second kappa shape index (κ2) is 9.63. The number of fused-ring (bicyclic) bond motifs is 2. The lowest BCUT2D eigenvalue weighted by atomic mass is 9.88. The molecule has 1 aromatic carbocycles. The van der Waals surface area contributed by atoms with Gasteiger partial charge in [0.15, 0.2) is 6.29 Å². The number of ether oxygens (including phenoxy) is 3. The van der Waals surface area contributed by atoms with Crippen LogP contribution in [0.3, 0.4) is 0 Å². The molecule has 1 aromatic rings. The molecule has 4 fully saturated rings. The molecule has 3 saturated heterocycles. The van der Waals surface area contributed by atoms with Crippen molar-refractivity contribution >= 4 is 5.69 Å². The second-order valence-electron chi connectivity index (χ2n) is 9.49. The first-order valence-electron chi connectivity index (χ1n) is 12.0. The van der Waals surface area contributed by atoms with Crippen LogP contribution in [0.5, 0.6) is 5.75 Å². The Bertz CT molecular complexity index is 721. The fourth-order valence-corrected chi connectivity index (χ4v) is 5.89. The van der Waals surface area contributed by atoms with E-state index in [1.54, 1.807) is 7.11 Å². The Balaban J connectivity index is 1.21. The van der Waals surface area contributed by atoms with Crippen LogP contribution in [0.1, 0.15) is 32.1 Å². The molecule has 0 unspecified atom stereocenters. The molecule has 7 nitrogen and oxygen atoms in total. The highest BCUT2D eigenvalue weighted by Crippen LogP contribution is 2.34. The first-order valence-corrected chi connectivity index (χ1v) is 12.0. The number of hydrogen-bond acceptors (Lipinski definition) is 7. The lowest BCUT2D eigenvalue weighted by Crippen LogP contribution is -2.67. The molecule has 0 spiro atoms. The van der Waals surface area contributed by atoms with Gasteiger partial charge in [-0.25, -0.2) is 0 Å². The van der Waals surface area contributed by atoms with Gasteiger partial charge in [0.25, 0.3) is 0 Å². The molecule has 1 saturated carbocycles. The smallest absolute Gasteiger partial charge is 0.176 e. The summed E-state index contributed by atoms with van der Waals surface area (Å²) >= 11 is 0. The molecule has 4 aliphatic rings. The first-order chi connectivity index (χ1) is 15.2. The van der Waals surface area contributed by atoms with Gasteiger partial charge in [-0.2, -0.15) is 0 Å². The maximum absolute atomic E-state index is 11.4. The van der Waals surface area contributed by atoms with E-state index in [4.69, 9.17) is 14.2 Å². The largest absolute Gasteiger partial charge is 0.495 e. The Morgan fingerprint density at radius 1 is 1.10 bits per heavy atom. The summed E-state index contributed by atoms with van der Waals surface area (Å²) in [6, 6.07) is 8.00. The van der Waals surface area contributed by atoms with Crippen LogP contribution >= 0.6 is 0 Å². The molecule has 3 aliphatic heterocycles. The zero-order valence-electron chi connectivity index (χ0n) is 18.6. The van der Waals surface area contributed by atoms with E-state index >= 15 is 0 Å². The normalized spacial score (nSPS) is 34.8. The van der Waals surface area contributed by atoms with Gasteiger partial charge < -0.3 is 29.5 Å². The highest BCUT2D eigenvalue weighted by Gasteiger charge is 2.52. The third-order valence-electron chi connectivity index (χ3n) is 7.66. The maximum atomic E-state index is 11.4. The maximum Gasteiger partial charge on any atom is 0.176 e. The number of para-hydroxylation sites is 2. The molecule has 0 amide bonds. The van der Waals surface area contributed by atoms with Crippen molar-refractivity contribution < 1.29 is 19.3 Å². The van der Waals surface area contributed by atoms with Gasteiger partial charge in [-0.15, -0.1) is 0 Å². The van der Waals surface area contributed by atoms with Crippen molar-refractivity contribution in [3.63, 3.8) is 0 Å². The van der Waals surface area contributed by atoms with E-state index in [9.17, 15) is 5.11 Å². The van der Waals surface area contributed by atoms with Crippen LogP contribution in [0, 0.1) is 5.92 Å². The SMILES string of the molecule is COc1ccccc1N1CCN([C@@H]2[C@@H]3OC[C@H](O3)[C@@H](NCC3CCCCC3)[C@@H]2O)CC1. The zero-order valence-corrected chi connectivity index (χ0v) is 18.6. The lowest BCUT2D eigenvalue weighted by Gasteiger charge is -2.47. The van der Waals surface area contributed by atoms with Gasteiger partial charge in [-0.05, 0) is 37.4 Å². The van der Waals surface area contributed by atoms with Crippen LogP contribution in [0.15, 0.2) is 24.3 Å². The quantitative estimate of drug-likeness (QED) is 0.713. The van der Waals surface area contributed by atoms with Gasteiger partial charge in [0.1, 0.15) is 11.9 Å².